The summed E-state index contributed by atoms with van der Waals surface area (Å²) in [5.41, 5.74) is 7.55. The minimum Gasteiger partial charge on any atom is -0.497 e. The number of nitrogens with one attached hydrogen (secondary N) is 1. The molecule has 0 atom stereocenters. The summed E-state index contributed by atoms with van der Waals surface area (Å²) in [6.07, 6.45) is 11.4. The molecule has 9 rings (SSSR count). The quantitative estimate of drug-likeness (QED) is 0.263. The van der Waals surface area contributed by atoms with Crippen molar-refractivity contribution in [2.75, 3.05) is 33.5 Å². The molecule has 0 spiro atoms. The van der Waals surface area contributed by atoms with Crippen LogP contribution in [0.5, 0.6) is 5.75 Å². The Morgan fingerprint density at radius 2 is 1.64 bits per heavy atom. The molecular formula is C40H45N5O7S. The molecular weight excluding hydrogens is 695 g/mol. The van der Waals surface area contributed by atoms with Crippen molar-refractivity contribution in [3.63, 3.8) is 0 Å². The Hall–Kier alpha value is -4.46. The van der Waals surface area contributed by atoms with Gasteiger partial charge in [0.1, 0.15) is 5.75 Å². The number of carbonyl (C=O) groups excluding carboxylic acids is 2. The predicted molar refractivity (Wildman–Crippen MR) is 200 cm³/mol. The van der Waals surface area contributed by atoms with Crippen LogP contribution in [0.4, 0.5) is 0 Å². The third-order valence-corrected chi connectivity index (χ3v) is 13.8. The molecule has 2 amide bonds. The van der Waals surface area contributed by atoms with Crippen molar-refractivity contribution in [2.24, 2.45) is 7.05 Å². The third kappa shape index (κ3) is 5.88. The molecule has 53 heavy (non-hydrogen) atoms. The number of aromatic nitrogens is 3. The van der Waals surface area contributed by atoms with Gasteiger partial charge in [0.25, 0.3) is 11.8 Å². The molecule has 2 bridgehead atoms. The summed E-state index contributed by atoms with van der Waals surface area (Å²) >= 11 is 0. The molecule has 2 saturated carbocycles. The van der Waals surface area contributed by atoms with Gasteiger partial charge in [0, 0.05) is 29.1 Å². The number of amides is 2. The number of morpholine rings is 2. The molecule has 5 aliphatic rings. The van der Waals surface area contributed by atoms with E-state index in [1.54, 1.807) is 24.1 Å². The van der Waals surface area contributed by atoms with Crippen LogP contribution in [-0.2, 0) is 33.1 Å². The predicted octanol–water partition coefficient (Wildman–Crippen LogP) is 5.50. The lowest BCUT2D eigenvalue weighted by Gasteiger charge is -2.45. The fourth-order valence-corrected chi connectivity index (χ4v) is 10.6. The standard InChI is InChI=1S/C40H45N5O7S/c1-43-37(34(18-41-43)40(47)45-28-20-51-22-29(45)23-52-21-28)27-15-26-16-30(50-2)12-14-32(26)38-36(24-7-4-3-5-8-24)33-13-11-25(17-35(33)44(38)19-27)39(46)42-53(48,49)31-9-6-10-31/h11-18,24,28-29,31H,3-10,19-23H2,1-2H3,(H,42,46). The number of nitrogens with zero attached hydrogens (tertiary/aromatic N) is 4. The van der Waals surface area contributed by atoms with Crippen LogP contribution in [0.25, 0.3) is 33.8 Å². The number of sulfonamides is 1. The molecule has 0 unspecified atom stereocenters. The van der Waals surface area contributed by atoms with Crippen LogP contribution >= 0.6 is 0 Å². The van der Waals surface area contributed by atoms with Crippen LogP contribution in [0.3, 0.4) is 0 Å². The highest BCUT2D eigenvalue weighted by Crippen LogP contribution is 2.48. The molecule has 4 fully saturated rings. The summed E-state index contributed by atoms with van der Waals surface area (Å²) in [6, 6.07) is 11.4. The van der Waals surface area contributed by atoms with Gasteiger partial charge >= 0.3 is 0 Å². The summed E-state index contributed by atoms with van der Waals surface area (Å²) in [4.78, 5) is 30.0. The summed E-state index contributed by atoms with van der Waals surface area (Å²) < 4.78 is 49.7. The Balaban J connectivity index is 1.22. The van der Waals surface area contributed by atoms with Crippen molar-refractivity contribution >= 4 is 44.4 Å². The van der Waals surface area contributed by atoms with Crippen LogP contribution < -0.4 is 9.46 Å². The number of fused-ring (bicyclic) bond motifs is 7. The lowest BCUT2D eigenvalue weighted by Crippen LogP contribution is -2.61. The Bertz CT molecular complexity index is 2240. The minimum absolute atomic E-state index is 0.0992. The van der Waals surface area contributed by atoms with Crippen molar-refractivity contribution in [3.05, 3.63) is 70.5 Å². The maximum atomic E-state index is 14.5. The van der Waals surface area contributed by atoms with Crippen molar-refractivity contribution in [2.45, 2.75) is 81.2 Å². The van der Waals surface area contributed by atoms with Crippen molar-refractivity contribution in [1.82, 2.24) is 24.0 Å². The zero-order valence-electron chi connectivity index (χ0n) is 30.2. The molecule has 3 aliphatic heterocycles. The molecule has 2 aliphatic carbocycles. The monoisotopic (exact) mass is 739 g/mol. The van der Waals surface area contributed by atoms with Gasteiger partial charge in [0.05, 0.1) is 80.6 Å². The van der Waals surface area contributed by atoms with Gasteiger partial charge in [0.2, 0.25) is 10.0 Å². The second-order valence-corrected chi connectivity index (χ2v) is 17.2. The second-order valence-electron chi connectivity index (χ2n) is 15.2. The molecule has 278 valence electrons. The number of carbonyl (C=O) groups is 2. The van der Waals surface area contributed by atoms with Gasteiger partial charge in [-0.15, -0.1) is 0 Å². The van der Waals surface area contributed by atoms with E-state index >= 15 is 0 Å². The number of hydrogen-bond acceptors (Lipinski definition) is 8. The highest BCUT2D eigenvalue weighted by molar-refractivity contribution is 7.90. The molecule has 2 aromatic heterocycles. The van der Waals surface area contributed by atoms with Crippen molar-refractivity contribution in [3.8, 4) is 17.0 Å². The summed E-state index contributed by atoms with van der Waals surface area (Å²) in [5.74, 6) is 0.312. The van der Waals surface area contributed by atoms with E-state index in [0.717, 1.165) is 71.2 Å². The molecule has 1 N–H and O–H groups in total. The fourth-order valence-electron chi connectivity index (χ4n) is 9.12. The molecule has 5 heterocycles. The van der Waals surface area contributed by atoms with Crippen LogP contribution in [0.1, 0.15) is 94.8 Å². The number of ether oxygens (including phenoxy) is 3. The zero-order valence-corrected chi connectivity index (χ0v) is 31.0. The summed E-state index contributed by atoms with van der Waals surface area (Å²) in [5, 5.41) is 5.16. The zero-order chi connectivity index (χ0) is 36.4. The largest absolute Gasteiger partial charge is 0.497 e. The van der Waals surface area contributed by atoms with E-state index in [2.05, 4.69) is 26.5 Å². The third-order valence-electron chi connectivity index (χ3n) is 12.0. The summed E-state index contributed by atoms with van der Waals surface area (Å²) in [6.45, 7) is 2.09. The maximum absolute atomic E-state index is 14.5. The van der Waals surface area contributed by atoms with Crippen LogP contribution in [0.15, 0.2) is 42.6 Å². The first-order valence-corrected chi connectivity index (χ1v) is 20.4. The number of aryl methyl sites for hydroxylation is 1. The first-order chi connectivity index (χ1) is 25.7. The highest BCUT2D eigenvalue weighted by atomic mass is 32.2. The van der Waals surface area contributed by atoms with Gasteiger partial charge in [0.15, 0.2) is 0 Å². The molecule has 12 nitrogen and oxygen atoms in total. The number of allylic oxidation sites excluding steroid dienone is 1. The smallest absolute Gasteiger partial charge is 0.264 e. The van der Waals surface area contributed by atoms with Crippen LogP contribution in [-0.4, -0.2) is 90.4 Å². The van der Waals surface area contributed by atoms with E-state index in [1.165, 1.54) is 12.0 Å². The minimum atomic E-state index is -3.77. The molecule has 13 heteroatoms. The van der Waals surface area contributed by atoms with Crippen molar-refractivity contribution < 1.29 is 32.2 Å². The first-order valence-electron chi connectivity index (χ1n) is 18.8. The Kier molecular flexibility index (Phi) is 8.70. The number of benzene rings is 2. The number of hydrogen-bond donors (Lipinski definition) is 1. The highest BCUT2D eigenvalue weighted by Gasteiger charge is 2.41. The Morgan fingerprint density at radius 1 is 0.906 bits per heavy atom. The fraction of sp³-hybridized carbons (Fsp3) is 0.475. The normalized spacial score (nSPS) is 22.0. The number of rotatable bonds is 7. The van der Waals surface area contributed by atoms with Gasteiger partial charge in [-0.1, -0.05) is 31.7 Å². The summed E-state index contributed by atoms with van der Waals surface area (Å²) in [7, 11) is -0.245. The van der Waals surface area contributed by atoms with Gasteiger partial charge in [-0.05, 0) is 84.7 Å². The van der Waals surface area contributed by atoms with Crippen LogP contribution in [0, 0.1) is 0 Å². The Labute approximate surface area is 309 Å². The van der Waals surface area contributed by atoms with E-state index in [0.29, 0.717) is 63.0 Å². The molecule has 2 saturated heterocycles. The molecule has 2 aromatic carbocycles. The van der Waals surface area contributed by atoms with Gasteiger partial charge in [-0.3, -0.25) is 14.3 Å². The average molecular weight is 740 g/mol. The number of methoxy groups -OCH3 is 1. The van der Waals surface area contributed by atoms with E-state index < -0.39 is 21.2 Å². The van der Waals surface area contributed by atoms with E-state index in [4.69, 9.17) is 14.2 Å². The lowest BCUT2D eigenvalue weighted by atomic mass is 9.81. The molecule has 4 aromatic rings. The van der Waals surface area contributed by atoms with Gasteiger partial charge in [-0.25, -0.2) is 13.1 Å². The van der Waals surface area contributed by atoms with Crippen LogP contribution in [0.2, 0.25) is 0 Å². The van der Waals surface area contributed by atoms with E-state index in [9.17, 15) is 18.0 Å². The average Bonchev–Trinajstić information content (AvgIpc) is 3.61. The maximum Gasteiger partial charge on any atom is 0.264 e. The van der Waals surface area contributed by atoms with Crippen molar-refractivity contribution in [1.29, 1.82) is 0 Å². The second kappa shape index (κ2) is 13.4. The van der Waals surface area contributed by atoms with E-state index in [-0.39, 0.29) is 23.6 Å². The molecule has 0 radical (unpaired) electrons. The Morgan fingerprint density at radius 3 is 2.32 bits per heavy atom. The lowest BCUT2D eigenvalue weighted by molar-refractivity contribution is -0.119. The topological polar surface area (TPSA) is 134 Å². The van der Waals surface area contributed by atoms with Gasteiger partial charge < -0.3 is 23.7 Å². The van der Waals surface area contributed by atoms with Gasteiger partial charge in [-0.2, -0.15) is 5.10 Å². The van der Waals surface area contributed by atoms with E-state index in [1.807, 2.05) is 36.2 Å². The SMILES string of the molecule is COc1ccc2c(c1)C=C(c1c(C(=O)N3C4COCC3COC4)cnn1C)Cn1c-2c(C2CCCCC2)c2ccc(C(=O)NS(=O)(=O)C3CCC3)cc21. The first kappa shape index (κ1) is 34.3.